The van der Waals surface area contributed by atoms with Crippen molar-refractivity contribution in [2.75, 3.05) is 13.2 Å². The zero-order valence-corrected chi connectivity index (χ0v) is 33.6. The lowest BCUT2D eigenvalue weighted by atomic mass is 9.78. The van der Waals surface area contributed by atoms with Gasteiger partial charge in [0.05, 0.1) is 0 Å². The molecule has 0 aromatic heterocycles. The van der Waals surface area contributed by atoms with E-state index in [1.165, 1.54) is 186 Å². The van der Waals surface area contributed by atoms with Gasteiger partial charge >= 0.3 is 0 Å². The minimum Gasteiger partial charge on any atom is -0.417 e. The summed E-state index contributed by atoms with van der Waals surface area (Å²) in [6.45, 7) is 17.8. The number of aliphatic hydroxyl groups is 1. The van der Waals surface area contributed by atoms with Crippen LogP contribution in [0.1, 0.15) is 227 Å². The average Bonchev–Trinajstić information content (AvgIpc) is 3.00. The van der Waals surface area contributed by atoms with E-state index in [4.69, 9.17) is 9.53 Å². The summed E-state index contributed by atoms with van der Waals surface area (Å²) in [5.74, 6) is 1.93. The van der Waals surface area contributed by atoms with Gasteiger partial charge in [0, 0.05) is 13.2 Å². The van der Waals surface area contributed by atoms with E-state index in [1.54, 1.807) is 0 Å². The first-order valence-corrected chi connectivity index (χ1v) is 23.8. The first kappa shape index (κ1) is 45.1. The lowest BCUT2D eigenvalue weighted by molar-refractivity contribution is 0.235. The molecule has 272 valence electrons. The Balaban J connectivity index is 4.79. The van der Waals surface area contributed by atoms with Crippen LogP contribution in [0.2, 0.25) is 18.1 Å². The fraction of sp³-hybridized carbons (Fsp3) is 1.00. The fourth-order valence-electron chi connectivity index (χ4n) is 6.94. The van der Waals surface area contributed by atoms with E-state index < -0.39 is 8.32 Å². The van der Waals surface area contributed by atoms with E-state index in [0.717, 1.165) is 24.9 Å². The van der Waals surface area contributed by atoms with Crippen LogP contribution in [0.5, 0.6) is 0 Å². The van der Waals surface area contributed by atoms with E-state index in [-0.39, 0.29) is 0 Å². The molecule has 0 spiro atoms. The fourth-order valence-corrected chi connectivity index (χ4v) is 8.03. The highest BCUT2D eigenvalue weighted by Crippen LogP contribution is 2.37. The van der Waals surface area contributed by atoms with Crippen LogP contribution >= 0.6 is 0 Å². The second-order valence-electron chi connectivity index (χ2n) is 16.5. The molecular formula is C42H88O2Si. The molecule has 0 aromatic rings. The molecule has 0 saturated carbocycles. The molecular weight excluding hydrogens is 565 g/mol. The van der Waals surface area contributed by atoms with Gasteiger partial charge in [0.1, 0.15) is 0 Å². The first-order chi connectivity index (χ1) is 21.7. The molecule has 2 unspecified atom stereocenters. The molecule has 0 aliphatic carbocycles. The third-order valence-corrected chi connectivity index (χ3v) is 15.8. The van der Waals surface area contributed by atoms with Crippen LogP contribution in [-0.4, -0.2) is 26.6 Å². The van der Waals surface area contributed by atoms with Crippen LogP contribution in [0.4, 0.5) is 0 Å². The van der Waals surface area contributed by atoms with Crippen molar-refractivity contribution in [1.29, 1.82) is 0 Å². The summed E-state index contributed by atoms with van der Waals surface area (Å²) in [6.07, 6.45) is 42.1. The van der Waals surface area contributed by atoms with Crippen LogP contribution < -0.4 is 0 Å². The molecule has 0 fully saturated rings. The maximum absolute atomic E-state index is 9.11. The Morgan fingerprint density at radius 3 is 1.04 bits per heavy atom. The van der Waals surface area contributed by atoms with Crippen molar-refractivity contribution in [3.05, 3.63) is 0 Å². The quantitative estimate of drug-likeness (QED) is 0.0545. The minimum atomic E-state index is -1.58. The standard InChI is InChI=1S/C42H88O2Si/c1-8-10-12-14-16-22-28-34-40(36-30-24-18-20-26-32-38-43)41(35-29-23-17-15-13-11-9-2)37-31-25-19-21-27-33-39-44-45(6,7)42(3,4)5/h40-41,43H,8-39H2,1-7H3. The van der Waals surface area contributed by atoms with Gasteiger partial charge in [-0.3, -0.25) is 0 Å². The number of rotatable bonds is 35. The van der Waals surface area contributed by atoms with Gasteiger partial charge in [-0.15, -0.1) is 0 Å². The number of unbranched alkanes of at least 4 members (excludes halogenated alkanes) is 22. The van der Waals surface area contributed by atoms with E-state index in [0.29, 0.717) is 11.6 Å². The van der Waals surface area contributed by atoms with Crippen LogP contribution in [0.3, 0.4) is 0 Å². The lowest BCUT2D eigenvalue weighted by Crippen LogP contribution is -2.40. The summed E-state index contributed by atoms with van der Waals surface area (Å²) in [6, 6.07) is 0. The maximum Gasteiger partial charge on any atom is 0.191 e. The molecule has 3 heteroatoms. The summed E-state index contributed by atoms with van der Waals surface area (Å²) < 4.78 is 6.41. The van der Waals surface area contributed by atoms with Crippen molar-refractivity contribution in [2.45, 2.75) is 245 Å². The Hall–Kier alpha value is 0.137. The van der Waals surface area contributed by atoms with Gasteiger partial charge in [0.15, 0.2) is 8.32 Å². The van der Waals surface area contributed by atoms with E-state index in [1.807, 2.05) is 0 Å². The summed E-state index contributed by atoms with van der Waals surface area (Å²) >= 11 is 0. The zero-order chi connectivity index (χ0) is 33.5. The normalized spacial score (nSPS) is 13.9. The first-order valence-electron chi connectivity index (χ1n) is 20.9. The molecule has 0 radical (unpaired) electrons. The Labute approximate surface area is 287 Å². The van der Waals surface area contributed by atoms with Gasteiger partial charge in [0.2, 0.25) is 0 Å². The highest BCUT2D eigenvalue weighted by Gasteiger charge is 2.36. The largest absolute Gasteiger partial charge is 0.417 e. The van der Waals surface area contributed by atoms with E-state index in [2.05, 4.69) is 47.7 Å². The van der Waals surface area contributed by atoms with Crippen molar-refractivity contribution in [3.63, 3.8) is 0 Å². The van der Waals surface area contributed by atoms with E-state index >= 15 is 0 Å². The van der Waals surface area contributed by atoms with Crippen LogP contribution in [0.25, 0.3) is 0 Å². The molecule has 1 N–H and O–H groups in total. The molecule has 0 aliphatic rings. The van der Waals surface area contributed by atoms with Gasteiger partial charge in [-0.2, -0.15) is 0 Å². The zero-order valence-electron chi connectivity index (χ0n) is 32.6. The van der Waals surface area contributed by atoms with Crippen LogP contribution in [-0.2, 0) is 4.43 Å². The van der Waals surface area contributed by atoms with Crippen molar-refractivity contribution in [2.24, 2.45) is 11.8 Å². The molecule has 0 aliphatic heterocycles. The van der Waals surface area contributed by atoms with Gasteiger partial charge in [-0.1, -0.05) is 214 Å². The Bertz CT molecular complexity index is 566. The summed E-state index contributed by atoms with van der Waals surface area (Å²) in [5.41, 5.74) is 0. The van der Waals surface area contributed by atoms with Crippen molar-refractivity contribution in [1.82, 2.24) is 0 Å². The smallest absolute Gasteiger partial charge is 0.191 e. The predicted molar refractivity (Wildman–Crippen MR) is 207 cm³/mol. The van der Waals surface area contributed by atoms with Crippen LogP contribution in [0, 0.1) is 11.8 Å². The highest BCUT2D eigenvalue weighted by molar-refractivity contribution is 6.74. The maximum atomic E-state index is 9.11. The van der Waals surface area contributed by atoms with Gasteiger partial charge < -0.3 is 9.53 Å². The van der Waals surface area contributed by atoms with Gasteiger partial charge in [0.25, 0.3) is 0 Å². The molecule has 0 heterocycles. The summed E-state index contributed by atoms with van der Waals surface area (Å²) in [4.78, 5) is 0. The summed E-state index contributed by atoms with van der Waals surface area (Å²) in [5, 5.41) is 9.43. The molecule has 0 bridgehead atoms. The molecule has 0 aromatic carbocycles. The predicted octanol–water partition coefficient (Wildman–Crippen LogP) is 15.0. The van der Waals surface area contributed by atoms with E-state index in [9.17, 15) is 0 Å². The van der Waals surface area contributed by atoms with Crippen molar-refractivity contribution < 1.29 is 9.53 Å². The molecule has 45 heavy (non-hydrogen) atoms. The van der Waals surface area contributed by atoms with Crippen molar-refractivity contribution >= 4 is 8.32 Å². The minimum absolute atomic E-state index is 0.325. The van der Waals surface area contributed by atoms with Gasteiger partial charge in [-0.25, -0.2) is 0 Å². The highest BCUT2D eigenvalue weighted by atomic mass is 28.4. The third kappa shape index (κ3) is 27.8. The van der Waals surface area contributed by atoms with Crippen LogP contribution in [0.15, 0.2) is 0 Å². The molecule has 0 rings (SSSR count). The molecule has 0 saturated heterocycles. The Morgan fingerprint density at radius 2 is 0.733 bits per heavy atom. The second-order valence-corrected chi connectivity index (χ2v) is 21.3. The SMILES string of the molecule is CCCCCCCCCC(CCCCCCCCO)C(CCCCCCCCC)CCCCCCCCO[Si](C)(C)C(C)(C)C. The monoisotopic (exact) mass is 653 g/mol. The Kier molecular flexibility index (Phi) is 31.5. The van der Waals surface area contributed by atoms with Crippen molar-refractivity contribution in [3.8, 4) is 0 Å². The lowest BCUT2D eigenvalue weighted by Gasteiger charge is -2.36. The number of hydrogen-bond acceptors (Lipinski definition) is 2. The topological polar surface area (TPSA) is 29.5 Å². The number of aliphatic hydroxyl groups excluding tert-OH is 1. The Morgan fingerprint density at radius 1 is 0.444 bits per heavy atom. The molecule has 2 nitrogen and oxygen atoms in total. The molecule has 2 atom stereocenters. The summed E-state index contributed by atoms with van der Waals surface area (Å²) in [7, 11) is -1.58. The van der Waals surface area contributed by atoms with Gasteiger partial charge in [-0.05, 0) is 42.8 Å². The molecule has 0 amide bonds. The second kappa shape index (κ2) is 31.4. The third-order valence-electron chi connectivity index (χ3n) is 11.2. The average molecular weight is 653 g/mol. The number of hydrogen-bond donors (Lipinski definition) is 1.